The van der Waals surface area contributed by atoms with Crippen molar-refractivity contribution in [2.45, 2.75) is 238 Å². The number of hydrogen-bond donors (Lipinski definition) is 1. The maximum atomic E-state index is 12.8. The number of quaternary nitrogens is 1. The van der Waals surface area contributed by atoms with Crippen LogP contribution in [0.4, 0.5) is 0 Å². The fourth-order valence-corrected chi connectivity index (χ4v) is 8.19. The van der Waals surface area contributed by atoms with Crippen molar-refractivity contribution in [3.05, 3.63) is 72.9 Å². The molecule has 9 nitrogen and oxygen atoms in total. The highest BCUT2D eigenvalue weighted by Crippen LogP contribution is 2.43. The van der Waals surface area contributed by atoms with Crippen LogP contribution in [0.3, 0.4) is 0 Å². The van der Waals surface area contributed by atoms with E-state index >= 15 is 0 Å². The molecule has 0 amide bonds. The third kappa shape index (κ3) is 52.8. The summed E-state index contributed by atoms with van der Waals surface area (Å²) >= 11 is 0. The lowest BCUT2D eigenvalue weighted by Crippen LogP contribution is -2.37. The van der Waals surface area contributed by atoms with Gasteiger partial charge >= 0.3 is 19.8 Å². The van der Waals surface area contributed by atoms with Crippen LogP contribution < -0.4 is 0 Å². The number of allylic oxidation sites excluding steroid dienone is 12. The molecule has 0 aromatic carbocycles. The fourth-order valence-electron chi connectivity index (χ4n) is 7.45. The zero-order chi connectivity index (χ0) is 49.9. The summed E-state index contributed by atoms with van der Waals surface area (Å²) in [4.78, 5) is 35.6. The number of hydrogen-bond acceptors (Lipinski definition) is 7. The summed E-state index contributed by atoms with van der Waals surface area (Å²) < 4.78 is 34.5. The number of carbonyl (C=O) groups excluding carboxylic acids is 2. The van der Waals surface area contributed by atoms with Crippen LogP contribution in [0.5, 0.6) is 0 Å². The van der Waals surface area contributed by atoms with Crippen molar-refractivity contribution < 1.29 is 42.1 Å². The largest absolute Gasteiger partial charge is 0.472 e. The molecule has 0 rings (SSSR count). The van der Waals surface area contributed by atoms with E-state index in [0.717, 1.165) is 83.5 Å². The van der Waals surface area contributed by atoms with Gasteiger partial charge < -0.3 is 18.9 Å². The van der Waals surface area contributed by atoms with Crippen molar-refractivity contribution in [2.75, 3.05) is 47.5 Å². The molecule has 0 aliphatic rings. The molecular weight excluding hydrogens is 870 g/mol. The summed E-state index contributed by atoms with van der Waals surface area (Å²) in [5.41, 5.74) is 0. The van der Waals surface area contributed by atoms with Crippen molar-refractivity contribution in [1.82, 2.24) is 0 Å². The summed E-state index contributed by atoms with van der Waals surface area (Å²) in [6, 6.07) is 0. The minimum absolute atomic E-state index is 0.0276. The van der Waals surface area contributed by atoms with Crippen LogP contribution in [0.1, 0.15) is 232 Å². The Bertz CT molecular complexity index is 1380. The van der Waals surface area contributed by atoms with Gasteiger partial charge in [0, 0.05) is 12.8 Å². The molecule has 10 heteroatoms. The SMILES string of the molecule is CC/C=C\C/C=C\C/C=C\C/C=C\CCCCCCCCCCCCCCCCCCC(=O)OC(COC(=O)CCCCCCC/C=C\C/C=C\CCCCC)COP(=O)(O)OCC[N+](C)(C)C. The number of unbranched alkanes of at least 4 members (excludes halogenated alkanes) is 24. The van der Waals surface area contributed by atoms with Crippen LogP contribution >= 0.6 is 7.82 Å². The molecule has 0 aliphatic heterocycles. The van der Waals surface area contributed by atoms with Crippen LogP contribution in [0.25, 0.3) is 0 Å². The lowest BCUT2D eigenvalue weighted by molar-refractivity contribution is -0.870. The summed E-state index contributed by atoms with van der Waals surface area (Å²) in [7, 11) is 1.47. The number of phosphoric ester groups is 1. The first-order valence-corrected chi connectivity index (χ1v) is 29.2. The van der Waals surface area contributed by atoms with Crippen LogP contribution in [-0.2, 0) is 32.7 Å². The van der Waals surface area contributed by atoms with Gasteiger partial charge in [-0.3, -0.25) is 18.6 Å². The number of nitrogens with zero attached hydrogens (tertiary/aromatic N) is 1. The Morgan fingerprint density at radius 1 is 0.471 bits per heavy atom. The Morgan fingerprint density at radius 3 is 1.25 bits per heavy atom. The van der Waals surface area contributed by atoms with Crippen molar-refractivity contribution in [2.24, 2.45) is 0 Å². The normalized spacial score (nSPS) is 13.9. The van der Waals surface area contributed by atoms with Gasteiger partial charge in [0.25, 0.3) is 0 Å². The number of phosphoric acid groups is 1. The van der Waals surface area contributed by atoms with Gasteiger partial charge in [-0.15, -0.1) is 0 Å². The highest BCUT2D eigenvalue weighted by Gasteiger charge is 2.27. The number of ether oxygens (including phenoxy) is 2. The van der Waals surface area contributed by atoms with E-state index in [1.165, 1.54) is 116 Å². The quantitative estimate of drug-likeness (QED) is 0.0211. The highest BCUT2D eigenvalue weighted by molar-refractivity contribution is 7.47. The van der Waals surface area contributed by atoms with Crippen LogP contribution in [0, 0.1) is 0 Å². The molecule has 0 spiro atoms. The van der Waals surface area contributed by atoms with Gasteiger partial charge in [-0.1, -0.05) is 209 Å². The zero-order valence-corrected chi connectivity index (χ0v) is 45.5. The van der Waals surface area contributed by atoms with E-state index in [0.29, 0.717) is 17.4 Å². The van der Waals surface area contributed by atoms with Gasteiger partial charge in [-0.2, -0.15) is 0 Å². The van der Waals surface area contributed by atoms with Crippen molar-refractivity contribution >= 4 is 19.8 Å². The molecule has 0 radical (unpaired) electrons. The van der Waals surface area contributed by atoms with E-state index in [1.54, 1.807) is 0 Å². The number of rotatable bonds is 50. The van der Waals surface area contributed by atoms with Crippen molar-refractivity contribution in [3.63, 3.8) is 0 Å². The molecule has 0 fully saturated rings. The molecule has 1 N–H and O–H groups in total. The molecule has 0 bridgehead atoms. The third-order valence-electron chi connectivity index (χ3n) is 11.7. The standard InChI is InChI=1S/C58H104NO8P/c1-6-8-10-12-14-16-18-20-22-23-24-25-26-27-28-29-30-31-32-33-34-35-37-39-41-43-45-47-49-51-58(61)67-56(55-66-68(62,63)65-53-52-59(3,4)5)54-64-57(60)50-48-46-44-42-40-38-36-21-19-17-15-13-11-9-7-2/h8,10,14-17,20-22,24-25,36,56H,6-7,9,11-13,18-19,23,26-35,37-55H2,1-5H3/p+1/b10-8-,16-14-,17-15-,22-20-,25-24-,36-21-. The Balaban J connectivity index is 4.13. The maximum absolute atomic E-state index is 12.8. The van der Waals surface area contributed by atoms with E-state index in [-0.39, 0.29) is 32.0 Å². The molecule has 0 saturated carbocycles. The monoisotopic (exact) mass is 975 g/mol. The van der Waals surface area contributed by atoms with Crippen LogP contribution in [0.15, 0.2) is 72.9 Å². The number of carbonyl (C=O) groups is 2. The second kappa shape index (κ2) is 49.4. The first-order chi connectivity index (χ1) is 33.0. The Morgan fingerprint density at radius 2 is 0.838 bits per heavy atom. The van der Waals surface area contributed by atoms with Gasteiger partial charge in [-0.05, 0) is 83.5 Å². The zero-order valence-electron chi connectivity index (χ0n) is 44.6. The lowest BCUT2D eigenvalue weighted by atomic mass is 10.0. The summed E-state index contributed by atoms with van der Waals surface area (Å²) in [5, 5.41) is 0. The highest BCUT2D eigenvalue weighted by atomic mass is 31.2. The second-order valence-corrected chi connectivity index (χ2v) is 21.0. The minimum Gasteiger partial charge on any atom is -0.462 e. The van der Waals surface area contributed by atoms with E-state index in [1.807, 2.05) is 21.1 Å². The summed E-state index contributed by atoms with van der Waals surface area (Å²) in [6.07, 6.45) is 64.0. The van der Waals surface area contributed by atoms with Crippen LogP contribution in [-0.4, -0.2) is 74.9 Å². The molecular formula is C58H105NO8P+. The van der Waals surface area contributed by atoms with E-state index in [2.05, 4.69) is 86.8 Å². The third-order valence-corrected chi connectivity index (χ3v) is 12.7. The van der Waals surface area contributed by atoms with Gasteiger partial charge in [0.2, 0.25) is 0 Å². The lowest BCUT2D eigenvalue weighted by Gasteiger charge is -2.24. The molecule has 2 atom stereocenters. The van der Waals surface area contributed by atoms with Crippen molar-refractivity contribution in [3.8, 4) is 0 Å². The predicted octanol–water partition coefficient (Wildman–Crippen LogP) is 16.9. The molecule has 0 aliphatic carbocycles. The van der Waals surface area contributed by atoms with Gasteiger partial charge in [0.15, 0.2) is 6.10 Å². The van der Waals surface area contributed by atoms with E-state index < -0.39 is 26.5 Å². The second-order valence-electron chi connectivity index (χ2n) is 19.6. The number of esters is 2. The van der Waals surface area contributed by atoms with Gasteiger partial charge in [0.1, 0.15) is 19.8 Å². The topological polar surface area (TPSA) is 108 Å². The summed E-state index contributed by atoms with van der Waals surface area (Å²) in [5.74, 6) is -0.811. The molecule has 68 heavy (non-hydrogen) atoms. The summed E-state index contributed by atoms with van der Waals surface area (Å²) in [6.45, 7) is 4.28. The molecule has 2 unspecified atom stereocenters. The first-order valence-electron chi connectivity index (χ1n) is 27.7. The molecule has 0 saturated heterocycles. The fraction of sp³-hybridized carbons (Fsp3) is 0.759. The molecule has 0 aromatic heterocycles. The van der Waals surface area contributed by atoms with Gasteiger partial charge in [-0.25, -0.2) is 4.57 Å². The average molecular weight is 975 g/mol. The molecule has 0 heterocycles. The Labute approximate surface area is 418 Å². The minimum atomic E-state index is -4.39. The molecule has 394 valence electrons. The average Bonchev–Trinajstić information content (AvgIpc) is 3.30. The Hall–Kier alpha value is -2.55. The predicted molar refractivity (Wildman–Crippen MR) is 289 cm³/mol. The molecule has 0 aromatic rings. The first kappa shape index (κ1) is 65.5. The van der Waals surface area contributed by atoms with E-state index in [9.17, 15) is 19.0 Å². The Kier molecular flexibility index (Phi) is 47.6. The van der Waals surface area contributed by atoms with Crippen molar-refractivity contribution in [1.29, 1.82) is 0 Å². The maximum Gasteiger partial charge on any atom is 0.472 e. The van der Waals surface area contributed by atoms with Crippen LogP contribution in [0.2, 0.25) is 0 Å². The van der Waals surface area contributed by atoms with Gasteiger partial charge in [0.05, 0.1) is 27.7 Å². The smallest absolute Gasteiger partial charge is 0.462 e. The number of likely N-dealkylation sites (N-methyl/N-ethyl adjacent to an activating group) is 1. The van der Waals surface area contributed by atoms with E-state index in [4.69, 9.17) is 18.5 Å².